The van der Waals surface area contributed by atoms with Crippen LogP contribution in [0.5, 0.6) is 5.75 Å². The standard InChI is InChI=1S/C14H16BrN3O2/c1-17(9-12-11(15)8-16-18(12)2)14(19)10-6-4-5-7-13(10)20-3/h4-8H,9H2,1-3H3. The lowest BCUT2D eigenvalue weighted by Gasteiger charge is -2.19. The molecule has 2 aromatic rings. The number of hydrogen-bond donors (Lipinski definition) is 0. The molecule has 6 heteroatoms. The van der Waals surface area contributed by atoms with Gasteiger partial charge in [-0.25, -0.2) is 0 Å². The number of aromatic nitrogens is 2. The van der Waals surface area contributed by atoms with E-state index in [0.717, 1.165) is 10.2 Å². The van der Waals surface area contributed by atoms with Crippen molar-refractivity contribution in [2.45, 2.75) is 6.54 Å². The maximum absolute atomic E-state index is 12.5. The zero-order chi connectivity index (χ0) is 14.7. The molecule has 0 N–H and O–H groups in total. The van der Waals surface area contributed by atoms with E-state index in [0.29, 0.717) is 17.9 Å². The molecule has 0 spiro atoms. The maximum atomic E-state index is 12.5. The van der Waals surface area contributed by atoms with Gasteiger partial charge in [-0.3, -0.25) is 9.48 Å². The lowest BCUT2D eigenvalue weighted by atomic mass is 10.1. The van der Waals surface area contributed by atoms with Gasteiger partial charge >= 0.3 is 0 Å². The van der Waals surface area contributed by atoms with Crippen LogP contribution in [0.3, 0.4) is 0 Å². The van der Waals surface area contributed by atoms with Crippen LogP contribution in [0, 0.1) is 0 Å². The number of nitrogens with zero attached hydrogens (tertiary/aromatic N) is 3. The third-order valence-electron chi connectivity index (χ3n) is 3.08. The summed E-state index contributed by atoms with van der Waals surface area (Å²) in [5, 5.41) is 4.14. The molecule has 5 nitrogen and oxygen atoms in total. The van der Waals surface area contributed by atoms with Crippen molar-refractivity contribution in [3.05, 3.63) is 46.2 Å². The Morgan fingerprint density at radius 3 is 2.75 bits per heavy atom. The minimum atomic E-state index is -0.0875. The molecular weight excluding hydrogens is 322 g/mol. The summed E-state index contributed by atoms with van der Waals surface area (Å²) in [7, 11) is 5.17. The Labute approximate surface area is 126 Å². The van der Waals surface area contributed by atoms with Gasteiger partial charge in [0.25, 0.3) is 5.91 Å². The molecule has 106 valence electrons. The van der Waals surface area contributed by atoms with Gasteiger partial charge in [0.05, 0.1) is 35.6 Å². The van der Waals surface area contributed by atoms with Crippen LogP contribution >= 0.6 is 15.9 Å². The normalized spacial score (nSPS) is 10.4. The van der Waals surface area contributed by atoms with Crippen LogP contribution in [0.25, 0.3) is 0 Å². The molecule has 0 fully saturated rings. The molecule has 0 unspecified atom stereocenters. The Morgan fingerprint density at radius 2 is 2.15 bits per heavy atom. The van der Waals surface area contributed by atoms with E-state index >= 15 is 0 Å². The Hall–Kier alpha value is -1.82. The molecule has 0 aliphatic heterocycles. The fourth-order valence-electron chi connectivity index (χ4n) is 1.94. The van der Waals surface area contributed by atoms with Crippen LogP contribution in [0.1, 0.15) is 16.1 Å². The molecule has 0 atom stereocenters. The highest BCUT2D eigenvalue weighted by molar-refractivity contribution is 9.10. The van der Waals surface area contributed by atoms with Gasteiger partial charge in [0, 0.05) is 14.1 Å². The van der Waals surface area contributed by atoms with Crippen LogP contribution in [-0.2, 0) is 13.6 Å². The number of carbonyl (C=O) groups excluding carboxylic acids is 1. The highest BCUT2D eigenvalue weighted by Crippen LogP contribution is 2.21. The molecule has 1 aromatic carbocycles. The fraction of sp³-hybridized carbons (Fsp3) is 0.286. The third-order valence-corrected chi connectivity index (χ3v) is 3.74. The summed E-state index contributed by atoms with van der Waals surface area (Å²) in [6.07, 6.45) is 1.72. The number of methoxy groups -OCH3 is 1. The summed E-state index contributed by atoms with van der Waals surface area (Å²) in [5.41, 5.74) is 1.49. The maximum Gasteiger partial charge on any atom is 0.257 e. The largest absolute Gasteiger partial charge is 0.496 e. The lowest BCUT2D eigenvalue weighted by Crippen LogP contribution is -2.27. The molecular formula is C14H16BrN3O2. The predicted molar refractivity (Wildman–Crippen MR) is 79.7 cm³/mol. The summed E-state index contributed by atoms with van der Waals surface area (Å²) in [6.45, 7) is 0.466. The van der Waals surface area contributed by atoms with E-state index in [1.54, 1.807) is 42.1 Å². The van der Waals surface area contributed by atoms with Gasteiger partial charge < -0.3 is 9.64 Å². The fourth-order valence-corrected chi connectivity index (χ4v) is 2.41. The first kappa shape index (κ1) is 14.6. The van der Waals surface area contributed by atoms with Crippen molar-refractivity contribution >= 4 is 21.8 Å². The third kappa shape index (κ3) is 2.85. The minimum absolute atomic E-state index is 0.0875. The van der Waals surface area contributed by atoms with Crippen LogP contribution in [0.4, 0.5) is 0 Å². The number of benzene rings is 1. The van der Waals surface area contributed by atoms with E-state index in [4.69, 9.17) is 4.74 Å². The van der Waals surface area contributed by atoms with Crippen LogP contribution in [-0.4, -0.2) is 34.7 Å². The van der Waals surface area contributed by atoms with Crippen molar-refractivity contribution in [3.8, 4) is 5.75 Å². The average molecular weight is 338 g/mol. The Balaban J connectivity index is 2.21. The number of carbonyl (C=O) groups is 1. The van der Waals surface area contributed by atoms with Crippen molar-refractivity contribution in [2.24, 2.45) is 7.05 Å². The molecule has 0 saturated carbocycles. The van der Waals surface area contributed by atoms with Crippen molar-refractivity contribution in [1.82, 2.24) is 14.7 Å². The summed E-state index contributed by atoms with van der Waals surface area (Å²) < 4.78 is 7.86. The first-order valence-electron chi connectivity index (χ1n) is 6.09. The second-order valence-electron chi connectivity index (χ2n) is 4.42. The van der Waals surface area contributed by atoms with Gasteiger partial charge in [-0.15, -0.1) is 0 Å². The monoisotopic (exact) mass is 337 g/mol. The Bertz CT molecular complexity index is 605. The number of rotatable bonds is 4. The Morgan fingerprint density at radius 1 is 1.45 bits per heavy atom. The predicted octanol–water partition coefficient (Wildman–Crippen LogP) is 2.46. The highest BCUT2D eigenvalue weighted by Gasteiger charge is 2.18. The van der Waals surface area contributed by atoms with E-state index in [1.165, 1.54) is 0 Å². The van der Waals surface area contributed by atoms with Gasteiger partial charge in [0.1, 0.15) is 5.75 Å². The molecule has 20 heavy (non-hydrogen) atoms. The number of ether oxygens (including phenoxy) is 1. The van der Waals surface area contributed by atoms with Gasteiger partial charge in [0.2, 0.25) is 0 Å². The highest BCUT2D eigenvalue weighted by atomic mass is 79.9. The van der Waals surface area contributed by atoms with E-state index in [2.05, 4.69) is 21.0 Å². The second kappa shape index (κ2) is 6.09. The summed E-state index contributed by atoms with van der Waals surface area (Å²) >= 11 is 3.43. The quantitative estimate of drug-likeness (QED) is 0.860. The van der Waals surface area contributed by atoms with Gasteiger partial charge in [-0.05, 0) is 28.1 Å². The molecule has 0 aliphatic carbocycles. The van der Waals surface area contributed by atoms with Crippen LogP contribution in [0.2, 0.25) is 0 Å². The molecule has 0 saturated heterocycles. The zero-order valence-corrected chi connectivity index (χ0v) is 13.2. The van der Waals surface area contributed by atoms with Gasteiger partial charge in [-0.2, -0.15) is 5.10 Å². The van der Waals surface area contributed by atoms with Gasteiger partial charge in [-0.1, -0.05) is 12.1 Å². The van der Waals surface area contributed by atoms with E-state index < -0.39 is 0 Å². The zero-order valence-electron chi connectivity index (χ0n) is 11.6. The van der Waals surface area contributed by atoms with Crippen LogP contribution in [0.15, 0.2) is 34.9 Å². The number of halogens is 1. The summed E-state index contributed by atoms with van der Waals surface area (Å²) in [4.78, 5) is 14.1. The number of hydrogen-bond acceptors (Lipinski definition) is 3. The first-order valence-corrected chi connectivity index (χ1v) is 6.88. The summed E-state index contributed by atoms with van der Waals surface area (Å²) in [6, 6.07) is 7.20. The van der Waals surface area contributed by atoms with E-state index in [1.807, 2.05) is 19.2 Å². The summed E-state index contributed by atoms with van der Waals surface area (Å²) in [5.74, 6) is 0.490. The molecule has 1 heterocycles. The van der Waals surface area contributed by atoms with E-state index in [9.17, 15) is 4.79 Å². The Kier molecular flexibility index (Phi) is 4.44. The molecule has 0 radical (unpaired) electrons. The van der Waals surface area contributed by atoms with Crippen molar-refractivity contribution in [2.75, 3.05) is 14.2 Å². The lowest BCUT2D eigenvalue weighted by molar-refractivity contribution is 0.0778. The first-order chi connectivity index (χ1) is 9.54. The molecule has 0 aliphatic rings. The van der Waals surface area contributed by atoms with E-state index in [-0.39, 0.29) is 5.91 Å². The smallest absolute Gasteiger partial charge is 0.257 e. The molecule has 1 aromatic heterocycles. The van der Waals surface area contributed by atoms with Crippen molar-refractivity contribution < 1.29 is 9.53 Å². The average Bonchev–Trinajstić information content (AvgIpc) is 2.78. The number of aryl methyl sites for hydroxylation is 1. The topological polar surface area (TPSA) is 47.4 Å². The second-order valence-corrected chi connectivity index (χ2v) is 5.28. The molecule has 1 amide bonds. The minimum Gasteiger partial charge on any atom is -0.496 e. The number of para-hydroxylation sites is 1. The number of amides is 1. The molecule has 2 rings (SSSR count). The molecule has 0 bridgehead atoms. The van der Waals surface area contributed by atoms with Crippen LogP contribution < -0.4 is 4.74 Å². The van der Waals surface area contributed by atoms with Crippen molar-refractivity contribution in [1.29, 1.82) is 0 Å². The SMILES string of the molecule is COc1ccccc1C(=O)N(C)Cc1c(Br)cnn1C. The van der Waals surface area contributed by atoms with Crippen molar-refractivity contribution in [3.63, 3.8) is 0 Å². The van der Waals surface area contributed by atoms with Gasteiger partial charge in [0.15, 0.2) is 0 Å².